The number of nitrogens with one attached hydrogen (secondary N) is 2. The van der Waals surface area contributed by atoms with Gasteiger partial charge in [0.05, 0.1) is 0 Å². The van der Waals surface area contributed by atoms with Crippen LogP contribution in [-0.2, 0) is 14.3 Å². The van der Waals surface area contributed by atoms with E-state index in [4.69, 9.17) is 16.3 Å². The second-order valence-electron chi connectivity index (χ2n) is 4.42. The van der Waals surface area contributed by atoms with E-state index in [2.05, 4.69) is 10.6 Å². The maximum Gasteiger partial charge on any atom is 0.342 e. The Kier molecular flexibility index (Phi) is 6.65. The predicted octanol–water partition coefficient (Wildman–Crippen LogP) is 0.843. The molecule has 120 valence electrons. The van der Waals surface area contributed by atoms with Crippen LogP contribution in [0.2, 0.25) is 5.02 Å². The molecule has 0 bridgehead atoms. The molecule has 1 aromatic rings. The van der Waals surface area contributed by atoms with Gasteiger partial charge in [0.25, 0.3) is 5.91 Å². The summed E-state index contributed by atoms with van der Waals surface area (Å²) in [5.41, 5.74) is -0.142. The van der Waals surface area contributed by atoms with Crippen molar-refractivity contribution in [2.75, 3.05) is 13.2 Å². The minimum atomic E-state index is -0.888. The maximum atomic E-state index is 11.7. The Morgan fingerprint density at radius 3 is 2.68 bits per heavy atom. The van der Waals surface area contributed by atoms with E-state index >= 15 is 0 Å². The molecule has 0 saturated carbocycles. The summed E-state index contributed by atoms with van der Waals surface area (Å²) in [7, 11) is 0. The van der Waals surface area contributed by atoms with E-state index in [9.17, 15) is 19.5 Å². The lowest BCUT2D eigenvalue weighted by Crippen LogP contribution is -2.46. The van der Waals surface area contributed by atoms with Crippen molar-refractivity contribution in [3.8, 4) is 5.75 Å². The molecule has 0 aliphatic carbocycles. The van der Waals surface area contributed by atoms with Crippen LogP contribution < -0.4 is 10.6 Å². The van der Waals surface area contributed by atoms with Gasteiger partial charge in [0.15, 0.2) is 6.61 Å². The van der Waals surface area contributed by atoms with Gasteiger partial charge in [0.2, 0.25) is 5.91 Å². The zero-order chi connectivity index (χ0) is 16.7. The Morgan fingerprint density at radius 2 is 2.05 bits per heavy atom. The van der Waals surface area contributed by atoms with Crippen LogP contribution in [0.3, 0.4) is 0 Å². The van der Waals surface area contributed by atoms with Gasteiger partial charge < -0.3 is 20.5 Å². The molecule has 2 amide bonds. The van der Waals surface area contributed by atoms with Gasteiger partial charge >= 0.3 is 5.97 Å². The van der Waals surface area contributed by atoms with Crippen molar-refractivity contribution in [2.45, 2.75) is 19.9 Å². The van der Waals surface area contributed by atoms with Crippen LogP contribution in [0.15, 0.2) is 18.2 Å². The quantitative estimate of drug-likeness (QED) is 0.671. The number of carbonyl (C=O) groups excluding carboxylic acids is 3. The highest BCUT2D eigenvalue weighted by Crippen LogP contribution is 2.22. The lowest BCUT2D eigenvalue weighted by Gasteiger charge is -2.13. The summed E-state index contributed by atoms with van der Waals surface area (Å²) in [4.78, 5) is 34.8. The maximum absolute atomic E-state index is 11.7. The molecule has 8 heteroatoms. The van der Waals surface area contributed by atoms with E-state index in [0.717, 1.165) is 0 Å². The minimum Gasteiger partial charge on any atom is -0.507 e. The molecule has 1 rings (SSSR count). The lowest BCUT2D eigenvalue weighted by atomic mass is 10.2. The van der Waals surface area contributed by atoms with Gasteiger partial charge in [-0.05, 0) is 32.0 Å². The first kappa shape index (κ1) is 17.8. The van der Waals surface area contributed by atoms with Crippen LogP contribution in [0, 0.1) is 0 Å². The first-order chi connectivity index (χ1) is 10.3. The van der Waals surface area contributed by atoms with Crippen LogP contribution in [0.5, 0.6) is 5.75 Å². The average molecular weight is 329 g/mol. The molecule has 0 saturated heterocycles. The topological polar surface area (TPSA) is 105 Å². The average Bonchev–Trinajstić information content (AvgIpc) is 2.47. The lowest BCUT2D eigenvalue weighted by molar-refractivity contribution is -0.130. The summed E-state index contributed by atoms with van der Waals surface area (Å²) in [6.45, 7) is 3.13. The molecule has 0 heterocycles. The molecule has 0 aliphatic heterocycles. The highest BCUT2D eigenvalue weighted by molar-refractivity contribution is 6.31. The standard InChI is InChI=1S/C14H17ClN2O5/c1-3-16-13(20)8(2)17-12(19)7-22-14(21)10-6-9(15)4-5-11(10)18/h4-6,8,18H,3,7H2,1-2H3,(H,16,20)(H,17,19)/t8-/m0/s1. The SMILES string of the molecule is CCNC(=O)[C@H](C)NC(=O)COC(=O)c1cc(Cl)ccc1O. The summed E-state index contributed by atoms with van der Waals surface area (Å²) >= 11 is 5.71. The summed E-state index contributed by atoms with van der Waals surface area (Å²) in [6.07, 6.45) is 0. The van der Waals surface area contributed by atoms with E-state index in [1.807, 2.05) is 0 Å². The second kappa shape index (κ2) is 8.23. The van der Waals surface area contributed by atoms with Crippen LogP contribution in [0.4, 0.5) is 0 Å². The number of esters is 1. The largest absolute Gasteiger partial charge is 0.507 e. The van der Waals surface area contributed by atoms with Crippen molar-refractivity contribution in [3.05, 3.63) is 28.8 Å². The summed E-state index contributed by atoms with van der Waals surface area (Å²) in [5.74, 6) is -2.16. The van der Waals surface area contributed by atoms with Crippen LogP contribution in [0.1, 0.15) is 24.2 Å². The number of carbonyl (C=O) groups is 3. The predicted molar refractivity (Wildman–Crippen MR) is 79.7 cm³/mol. The number of benzene rings is 1. The molecule has 1 aromatic carbocycles. The number of ether oxygens (including phenoxy) is 1. The van der Waals surface area contributed by atoms with Gasteiger partial charge in [-0.25, -0.2) is 4.79 Å². The Morgan fingerprint density at radius 1 is 1.36 bits per heavy atom. The van der Waals surface area contributed by atoms with Crippen LogP contribution >= 0.6 is 11.6 Å². The number of phenolic OH excluding ortho intramolecular Hbond substituents is 1. The van der Waals surface area contributed by atoms with Gasteiger partial charge in [-0.1, -0.05) is 11.6 Å². The number of likely N-dealkylation sites (N-methyl/N-ethyl adjacent to an activating group) is 1. The summed E-state index contributed by atoms with van der Waals surface area (Å²) in [5, 5.41) is 14.7. The molecule has 3 N–H and O–H groups in total. The molecule has 0 unspecified atom stereocenters. The Labute approximate surface area is 132 Å². The monoisotopic (exact) mass is 328 g/mol. The van der Waals surface area contributed by atoms with E-state index in [-0.39, 0.29) is 22.2 Å². The van der Waals surface area contributed by atoms with E-state index in [1.54, 1.807) is 6.92 Å². The van der Waals surface area contributed by atoms with Crippen LogP contribution in [-0.4, -0.2) is 42.1 Å². The number of rotatable bonds is 6. The third kappa shape index (κ3) is 5.25. The molecule has 0 aromatic heterocycles. The molecule has 1 atom stereocenters. The molecule has 0 fully saturated rings. The molecular formula is C14H17ClN2O5. The fourth-order valence-electron chi connectivity index (χ4n) is 1.56. The molecular weight excluding hydrogens is 312 g/mol. The van der Waals surface area contributed by atoms with Crippen molar-refractivity contribution < 1.29 is 24.2 Å². The fourth-order valence-corrected chi connectivity index (χ4v) is 1.73. The molecule has 0 radical (unpaired) electrons. The highest BCUT2D eigenvalue weighted by Gasteiger charge is 2.18. The Bertz CT molecular complexity index is 576. The van der Waals surface area contributed by atoms with E-state index < -0.39 is 24.5 Å². The van der Waals surface area contributed by atoms with Crippen molar-refractivity contribution in [1.29, 1.82) is 0 Å². The highest BCUT2D eigenvalue weighted by atomic mass is 35.5. The summed E-state index contributed by atoms with van der Waals surface area (Å²) in [6, 6.07) is 3.14. The number of hydrogen-bond acceptors (Lipinski definition) is 5. The smallest absolute Gasteiger partial charge is 0.342 e. The number of phenols is 1. The first-order valence-corrected chi connectivity index (χ1v) is 6.95. The minimum absolute atomic E-state index is 0.142. The zero-order valence-corrected chi connectivity index (χ0v) is 12.9. The van der Waals surface area contributed by atoms with Gasteiger partial charge in [-0.2, -0.15) is 0 Å². The number of halogens is 1. The Hall–Kier alpha value is -2.28. The molecule has 22 heavy (non-hydrogen) atoms. The summed E-state index contributed by atoms with van der Waals surface area (Å²) < 4.78 is 4.76. The number of hydrogen-bond donors (Lipinski definition) is 3. The van der Waals surface area contributed by atoms with Gasteiger partial charge in [-0.15, -0.1) is 0 Å². The van der Waals surface area contributed by atoms with Crippen molar-refractivity contribution >= 4 is 29.4 Å². The van der Waals surface area contributed by atoms with Crippen molar-refractivity contribution in [1.82, 2.24) is 10.6 Å². The molecule has 0 aliphatic rings. The fraction of sp³-hybridized carbons (Fsp3) is 0.357. The first-order valence-electron chi connectivity index (χ1n) is 6.57. The van der Waals surface area contributed by atoms with E-state index in [1.165, 1.54) is 25.1 Å². The van der Waals surface area contributed by atoms with Gasteiger partial charge in [0, 0.05) is 11.6 Å². The van der Waals surface area contributed by atoms with Gasteiger partial charge in [-0.3, -0.25) is 9.59 Å². The third-order valence-corrected chi connectivity index (χ3v) is 2.87. The van der Waals surface area contributed by atoms with Crippen LogP contribution in [0.25, 0.3) is 0 Å². The van der Waals surface area contributed by atoms with E-state index in [0.29, 0.717) is 6.54 Å². The second-order valence-corrected chi connectivity index (χ2v) is 4.86. The van der Waals surface area contributed by atoms with Crippen molar-refractivity contribution in [3.63, 3.8) is 0 Å². The van der Waals surface area contributed by atoms with Crippen molar-refractivity contribution in [2.24, 2.45) is 0 Å². The zero-order valence-electron chi connectivity index (χ0n) is 12.2. The Balaban J connectivity index is 2.52. The third-order valence-electron chi connectivity index (χ3n) is 2.63. The number of aromatic hydroxyl groups is 1. The molecule has 7 nitrogen and oxygen atoms in total. The normalized spacial score (nSPS) is 11.4. The van der Waals surface area contributed by atoms with Gasteiger partial charge in [0.1, 0.15) is 17.4 Å². The number of amides is 2. The molecule has 0 spiro atoms.